The SMILES string of the molecule is CC(C)Cc1cc(C(=O)N2CCC[C@H]2c2nccs2)nc(N)n1. The van der Waals surface area contributed by atoms with Gasteiger partial charge in [-0.15, -0.1) is 11.3 Å². The van der Waals surface area contributed by atoms with Crippen LogP contribution in [0.4, 0.5) is 5.95 Å². The standard InChI is InChI=1S/C16H21N5OS/c1-10(2)8-11-9-12(20-16(17)19-11)15(22)21-6-3-4-13(21)14-18-5-7-23-14/h5,7,9-10,13H,3-4,6,8H2,1-2H3,(H2,17,19,20)/t13-/m0/s1. The number of carbonyl (C=O) groups excluding carboxylic acids is 1. The lowest BCUT2D eigenvalue weighted by Gasteiger charge is -2.23. The highest BCUT2D eigenvalue weighted by Crippen LogP contribution is 2.33. The molecule has 1 atom stereocenters. The van der Waals surface area contributed by atoms with Crippen molar-refractivity contribution in [3.05, 3.63) is 34.0 Å². The summed E-state index contributed by atoms with van der Waals surface area (Å²) in [6, 6.07) is 1.82. The Balaban J connectivity index is 1.86. The number of nitrogens with two attached hydrogens (primary N) is 1. The molecule has 0 unspecified atom stereocenters. The average molecular weight is 331 g/mol. The van der Waals surface area contributed by atoms with E-state index in [0.29, 0.717) is 11.6 Å². The second-order valence-electron chi connectivity index (χ2n) is 6.23. The van der Waals surface area contributed by atoms with Crippen LogP contribution in [0.15, 0.2) is 17.6 Å². The Morgan fingerprint density at radius 2 is 2.30 bits per heavy atom. The molecule has 2 N–H and O–H groups in total. The van der Waals surface area contributed by atoms with Gasteiger partial charge in [-0.3, -0.25) is 4.79 Å². The predicted octanol–water partition coefficient (Wildman–Crippen LogP) is 2.69. The number of rotatable bonds is 4. The van der Waals surface area contributed by atoms with Crippen molar-refractivity contribution in [2.45, 2.75) is 39.2 Å². The van der Waals surface area contributed by atoms with Crippen LogP contribution >= 0.6 is 11.3 Å². The molecule has 6 nitrogen and oxygen atoms in total. The fourth-order valence-corrected chi connectivity index (χ4v) is 3.75. The summed E-state index contributed by atoms with van der Waals surface area (Å²) in [6.45, 7) is 4.95. The van der Waals surface area contributed by atoms with Crippen LogP contribution in [-0.2, 0) is 6.42 Å². The average Bonchev–Trinajstić information content (AvgIpc) is 3.15. The summed E-state index contributed by atoms with van der Waals surface area (Å²) in [5.41, 5.74) is 7.00. The maximum Gasteiger partial charge on any atom is 0.273 e. The molecule has 0 aliphatic carbocycles. The quantitative estimate of drug-likeness (QED) is 0.931. The number of hydrogen-bond acceptors (Lipinski definition) is 6. The van der Waals surface area contributed by atoms with E-state index in [-0.39, 0.29) is 17.9 Å². The van der Waals surface area contributed by atoms with Crippen molar-refractivity contribution >= 4 is 23.2 Å². The van der Waals surface area contributed by atoms with Gasteiger partial charge in [-0.25, -0.2) is 15.0 Å². The van der Waals surface area contributed by atoms with E-state index in [1.165, 1.54) is 0 Å². The largest absolute Gasteiger partial charge is 0.368 e. The number of carbonyl (C=O) groups is 1. The minimum Gasteiger partial charge on any atom is -0.368 e. The molecule has 0 spiro atoms. The molecule has 3 rings (SSSR count). The summed E-state index contributed by atoms with van der Waals surface area (Å²) < 4.78 is 0. The number of aromatic nitrogens is 3. The minimum atomic E-state index is -0.0817. The van der Waals surface area contributed by atoms with Crippen molar-refractivity contribution in [1.82, 2.24) is 19.9 Å². The Morgan fingerprint density at radius 1 is 1.48 bits per heavy atom. The van der Waals surface area contributed by atoms with E-state index >= 15 is 0 Å². The zero-order chi connectivity index (χ0) is 16.4. The molecule has 2 aromatic heterocycles. The third-order valence-electron chi connectivity index (χ3n) is 3.88. The van der Waals surface area contributed by atoms with Crippen molar-refractivity contribution in [2.75, 3.05) is 12.3 Å². The first kappa shape index (κ1) is 15.9. The molecule has 0 bridgehead atoms. The van der Waals surface area contributed by atoms with Gasteiger partial charge in [-0.1, -0.05) is 13.8 Å². The normalized spacial score (nSPS) is 17.9. The van der Waals surface area contributed by atoms with Gasteiger partial charge in [0.2, 0.25) is 5.95 Å². The van der Waals surface area contributed by atoms with Gasteiger partial charge in [-0.2, -0.15) is 0 Å². The number of hydrogen-bond donors (Lipinski definition) is 1. The Bertz CT molecular complexity index is 686. The highest BCUT2D eigenvalue weighted by atomic mass is 32.1. The molecule has 1 fully saturated rings. The molecule has 1 amide bonds. The lowest BCUT2D eigenvalue weighted by Crippen LogP contribution is -2.31. The van der Waals surface area contributed by atoms with E-state index in [1.807, 2.05) is 10.3 Å². The first-order valence-corrected chi connectivity index (χ1v) is 8.76. The summed E-state index contributed by atoms with van der Waals surface area (Å²) in [5.74, 6) is 0.528. The molecule has 2 aromatic rings. The van der Waals surface area contributed by atoms with Gasteiger partial charge in [-0.05, 0) is 31.2 Å². The highest BCUT2D eigenvalue weighted by molar-refractivity contribution is 7.09. The highest BCUT2D eigenvalue weighted by Gasteiger charge is 2.33. The molecule has 3 heterocycles. The van der Waals surface area contributed by atoms with Crippen LogP contribution in [0.3, 0.4) is 0 Å². The number of nitrogen functional groups attached to an aromatic ring is 1. The van der Waals surface area contributed by atoms with Crippen LogP contribution < -0.4 is 5.73 Å². The van der Waals surface area contributed by atoms with Crippen LogP contribution in [0.25, 0.3) is 0 Å². The van der Waals surface area contributed by atoms with Crippen molar-refractivity contribution in [3.63, 3.8) is 0 Å². The van der Waals surface area contributed by atoms with Crippen LogP contribution in [0, 0.1) is 5.92 Å². The molecular formula is C16H21N5OS. The van der Waals surface area contributed by atoms with Crippen LogP contribution in [-0.4, -0.2) is 32.3 Å². The lowest BCUT2D eigenvalue weighted by atomic mass is 10.1. The molecule has 7 heteroatoms. The maximum atomic E-state index is 12.9. The molecule has 0 saturated carbocycles. The number of nitrogens with zero attached hydrogens (tertiary/aromatic N) is 4. The third kappa shape index (κ3) is 3.50. The Labute approximate surface area is 139 Å². The minimum absolute atomic E-state index is 0.0484. The van der Waals surface area contributed by atoms with Crippen LogP contribution in [0.2, 0.25) is 0 Å². The first-order chi connectivity index (χ1) is 11.0. The van der Waals surface area contributed by atoms with E-state index < -0.39 is 0 Å². The summed E-state index contributed by atoms with van der Waals surface area (Å²) in [4.78, 5) is 27.5. The van der Waals surface area contributed by atoms with Gasteiger partial charge in [0, 0.05) is 23.8 Å². The van der Waals surface area contributed by atoms with Gasteiger partial charge in [0.1, 0.15) is 10.7 Å². The van der Waals surface area contributed by atoms with E-state index in [0.717, 1.165) is 36.5 Å². The molecular weight excluding hydrogens is 310 g/mol. The van der Waals surface area contributed by atoms with Crippen LogP contribution in [0.5, 0.6) is 0 Å². The van der Waals surface area contributed by atoms with Gasteiger partial charge >= 0.3 is 0 Å². The molecule has 122 valence electrons. The fraction of sp³-hybridized carbons (Fsp3) is 0.500. The second kappa shape index (κ2) is 6.62. The summed E-state index contributed by atoms with van der Waals surface area (Å²) in [6.07, 6.45) is 4.49. The fourth-order valence-electron chi connectivity index (χ4n) is 2.96. The predicted molar refractivity (Wildman–Crippen MR) is 90.1 cm³/mol. The van der Waals surface area contributed by atoms with E-state index in [9.17, 15) is 4.79 Å². The zero-order valence-electron chi connectivity index (χ0n) is 13.4. The summed E-state index contributed by atoms with van der Waals surface area (Å²) in [7, 11) is 0. The van der Waals surface area contributed by atoms with Crippen molar-refractivity contribution < 1.29 is 4.79 Å². The maximum absolute atomic E-state index is 12.9. The summed E-state index contributed by atoms with van der Waals surface area (Å²) >= 11 is 1.59. The van der Waals surface area contributed by atoms with Crippen molar-refractivity contribution in [1.29, 1.82) is 0 Å². The molecule has 0 aromatic carbocycles. The number of thiazole rings is 1. The zero-order valence-corrected chi connectivity index (χ0v) is 14.2. The Kier molecular flexibility index (Phi) is 4.56. The molecule has 1 aliphatic heterocycles. The number of amides is 1. The lowest BCUT2D eigenvalue weighted by molar-refractivity contribution is 0.0729. The first-order valence-electron chi connectivity index (χ1n) is 7.88. The van der Waals surface area contributed by atoms with Gasteiger partial charge in [0.25, 0.3) is 5.91 Å². The molecule has 1 saturated heterocycles. The summed E-state index contributed by atoms with van der Waals surface area (Å²) in [5, 5.41) is 2.93. The van der Waals surface area contributed by atoms with Gasteiger partial charge in [0.05, 0.1) is 6.04 Å². The number of likely N-dealkylation sites (tertiary alicyclic amines) is 1. The van der Waals surface area contributed by atoms with E-state index in [4.69, 9.17) is 5.73 Å². The van der Waals surface area contributed by atoms with Gasteiger partial charge in [0.15, 0.2) is 0 Å². The Hall–Kier alpha value is -2.02. The number of anilines is 1. The van der Waals surface area contributed by atoms with E-state index in [2.05, 4.69) is 28.8 Å². The van der Waals surface area contributed by atoms with Crippen LogP contribution in [0.1, 0.15) is 53.9 Å². The van der Waals surface area contributed by atoms with Gasteiger partial charge < -0.3 is 10.6 Å². The van der Waals surface area contributed by atoms with Crippen molar-refractivity contribution in [3.8, 4) is 0 Å². The third-order valence-corrected chi connectivity index (χ3v) is 4.76. The van der Waals surface area contributed by atoms with E-state index in [1.54, 1.807) is 23.6 Å². The smallest absolute Gasteiger partial charge is 0.273 e. The second-order valence-corrected chi connectivity index (χ2v) is 7.15. The molecule has 1 aliphatic rings. The topological polar surface area (TPSA) is 85.0 Å². The monoisotopic (exact) mass is 331 g/mol. The Morgan fingerprint density at radius 3 is 3.00 bits per heavy atom. The molecule has 23 heavy (non-hydrogen) atoms. The van der Waals surface area contributed by atoms with Crippen molar-refractivity contribution in [2.24, 2.45) is 5.92 Å². The molecule has 0 radical (unpaired) electrons.